The molecule has 0 spiro atoms. The number of aryl methyl sites for hydroxylation is 1. The summed E-state index contributed by atoms with van der Waals surface area (Å²) in [7, 11) is -1.80. The summed E-state index contributed by atoms with van der Waals surface area (Å²) >= 11 is 0. The normalized spacial score (nSPS) is 15.0. The predicted octanol–water partition coefficient (Wildman–Crippen LogP) is 2.29. The van der Waals surface area contributed by atoms with Crippen LogP contribution in [0.3, 0.4) is 0 Å². The summed E-state index contributed by atoms with van der Waals surface area (Å²) < 4.78 is 29.1. The smallest absolute Gasteiger partial charge is 0.269 e. The van der Waals surface area contributed by atoms with Gasteiger partial charge in [-0.2, -0.15) is 4.31 Å². The third kappa shape index (κ3) is 3.13. The molecule has 0 radical (unpaired) electrons. The Morgan fingerprint density at radius 3 is 2.39 bits per heavy atom. The Balaban J connectivity index is 1.91. The van der Waals surface area contributed by atoms with Crippen LogP contribution in [-0.4, -0.2) is 28.3 Å². The van der Waals surface area contributed by atoms with Crippen molar-refractivity contribution in [2.24, 2.45) is 7.05 Å². The van der Waals surface area contributed by atoms with Crippen LogP contribution < -0.4 is 0 Å². The minimum Gasteiger partial charge on any atom is -0.353 e. The second-order valence-electron chi connectivity index (χ2n) is 5.64. The van der Waals surface area contributed by atoms with Crippen LogP contribution in [0.4, 0.5) is 5.69 Å². The van der Waals surface area contributed by atoms with Crippen LogP contribution in [0.1, 0.15) is 18.5 Å². The van der Waals surface area contributed by atoms with E-state index in [1.807, 2.05) is 29.9 Å². The Hall–Kier alpha value is -2.19. The molecule has 8 heteroatoms. The van der Waals surface area contributed by atoms with Gasteiger partial charge < -0.3 is 4.57 Å². The molecule has 0 unspecified atom stereocenters. The van der Waals surface area contributed by atoms with Crippen molar-refractivity contribution in [3.05, 3.63) is 58.4 Å². The second-order valence-corrected chi connectivity index (χ2v) is 7.53. The highest BCUT2D eigenvalue weighted by molar-refractivity contribution is 7.89. The molecule has 1 aliphatic carbocycles. The van der Waals surface area contributed by atoms with Gasteiger partial charge in [-0.25, -0.2) is 8.42 Å². The lowest BCUT2D eigenvalue weighted by Gasteiger charge is -2.22. The van der Waals surface area contributed by atoms with E-state index >= 15 is 0 Å². The maximum atomic E-state index is 12.9. The number of benzene rings is 1. The van der Waals surface area contributed by atoms with Crippen molar-refractivity contribution in [3.8, 4) is 0 Å². The number of aromatic nitrogens is 1. The van der Waals surface area contributed by atoms with Gasteiger partial charge in [0.25, 0.3) is 5.69 Å². The maximum Gasteiger partial charge on any atom is 0.269 e. The van der Waals surface area contributed by atoms with E-state index in [1.54, 1.807) is 0 Å². The van der Waals surface area contributed by atoms with Gasteiger partial charge in [0.15, 0.2) is 0 Å². The van der Waals surface area contributed by atoms with Crippen molar-refractivity contribution >= 4 is 15.7 Å². The topological polar surface area (TPSA) is 85.5 Å². The van der Waals surface area contributed by atoms with Gasteiger partial charge in [0.2, 0.25) is 10.0 Å². The number of hydrogen-bond donors (Lipinski definition) is 0. The number of nitro groups is 1. The van der Waals surface area contributed by atoms with Gasteiger partial charge in [0.05, 0.1) is 16.4 Å². The van der Waals surface area contributed by atoms with Crippen LogP contribution in [0.5, 0.6) is 0 Å². The van der Waals surface area contributed by atoms with Crippen molar-refractivity contribution < 1.29 is 13.3 Å². The highest BCUT2D eigenvalue weighted by Gasteiger charge is 2.38. The van der Waals surface area contributed by atoms with Gasteiger partial charge in [-0.3, -0.25) is 10.1 Å². The van der Waals surface area contributed by atoms with E-state index in [0.717, 1.165) is 18.5 Å². The third-order valence-electron chi connectivity index (χ3n) is 3.98. The lowest BCUT2D eigenvalue weighted by molar-refractivity contribution is -0.384. The van der Waals surface area contributed by atoms with Crippen LogP contribution in [0.15, 0.2) is 47.5 Å². The Bertz CT molecular complexity index is 823. The molecule has 0 atom stereocenters. The molecule has 1 aliphatic rings. The van der Waals surface area contributed by atoms with E-state index in [0.29, 0.717) is 6.54 Å². The molecule has 2 aromatic rings. The first-order valence-corrected chi connectivity index (χ1v) is 8.70. The van der Waals surface area contributed by atoms with Gasteiger partial charge in [-0.1, -0.05) is 0 Å². The highest BCUT2D eigenvalue weighted by Crippen LogP contribution is 2.33. The number of non-ortho nitro benzene ring substituents is 1. The molecule has 7 nitrogen and oxygen atoms in total. The number of nitro benzene ring substituents is 1. The Labute approximate surface area is 134 Å². The van der Waals surface area contributed by atoms with E-state index < -0.39 is 14.9 Å². The van der Waals surface area contributed by atoms with Gasteiger partial charge in [0.1, 0.15) is 0 Å². The summed E-state index contributed by atoms with van der Waals surface area (Å²) in [6.45, 7) is 0.299. The van der Waals surface area contributed by atoms with E-state index in [1.165, 1.54) is 28.6 Å². The lowest BCUT2D eigenvalue weighted by Crippen LogP contribution is -2.33. The molecule has 0 N–H and O–H groups in total. The van der Waals surface area contributed by atoms with Crippen molar-refractivity contribution in [3.63, 3.8) is 0 Å². The highest BCUT2D eigenvalue weighted by atomic mass is 32.2. The van der Waals surface area contributed by atoms with Gasteiger partial charge >= 0.3 is 0 Å². The number of nitrogens with zero attached hydrogens (tertiary/aromatic N) is 3. The molecule has 1 fully saturated rings. The average molecular weight is 335 g/mol. The first kappa shape index (κ1) is 15.7. The van der Waals surface area contributed by atoms with Gasteiger partial charge in [-0.15, -0.1) is 0 Å². The largest absolute Gasteiger partial charge is 0.353 e. The van der Waals surface area contributed by atoms with E-state index in [4.69, 9.17) is 0 Å². The summed E-state index contributed by atoms with van der Waals surface area (Å²) in [5, 5.41) is 10.7. The van der Waals surface area contributed by atoms with Crippen LogP contribution in [0.2, 0.25) is 0 Å². The Morgan fingerprint density at radius 2 is 1.91 bits per heavy atom. The molecule has 1 heterocycles. The minimum absolute atomic E-state index is 0.00471. The molecule has 23 heavy (non-hydrogen) atoms. The van der Waals surface area contributed by atoms with Crippen LogP contribution in [0.25, 0.3) is 0 Å². The fourth-order valence-corrected chi connectivity index (χ4v) is 4.12. The van der Waals surface area contributed by atoms with E-state index in [2.05, 4.69) is 0 Å². The molecule has 1 saturated carbocycles. The summed E-state index contributed by atoms with van der Waals surface area (Å²) in [5.74, 6) is 0. The number of rotatable bonds is 6. The van der Waals surface area contributed by atoms with Crippen molar-refractivity contribution in [1.82, 2.24) is 8.87 Å². The van der Waals surface area contributed by atoms with Crippen LogP contribution >= 0.6 is 0 Å². The quantitative estimate of drug-likeness (QED) is 0.599. The van der Waals surface area contributed by atoms with Crippen LogP contribution in [0, 0.1) is 10.1 Å². The Kier molecular flexibility index (Phi) is 3.95. The monoisotopic (exact) mass is 335 g/mol. The number of hydrogen-bond acceptors (Lipinski definition) is 4. The second kappa shape index (κ2) is 5.78. The maximum absolute atomic E-state index is 12.9. The fraction of sp³-hybridized carbons (Fsp3) is 0.333. The van der Waals surface area contributed by atoms with Crippen molar-refractivity contribution in [1.29, 1.82) is 0 Å². The fourth-order valence-electron chi connectivity index (χ4n) is 2.47. The minimum atomic E-state index is -3.68. The zero-order chi connectivity index (χ0) is 16.6. The van der Waals surface area contributed by atoms with Crippen molar-refractivity contribution in [2.45, 2.75) is 30.3 Å². The zero-order valence-corrected chi connectivity index (χ0v) is 13.4. The predicted molar refractivity (Wildman–Crippen MR) is 84.3 cm³/mol. The van der Waals surface area contributed by atoms with E-state index in [9.17, 15) is 18.5 Å². The zero-order valence-electron chi connectivity index (χ0n) is 12.6. The number of sulfonamides is 1. The molecule has 0 saturated heterocycles. The molecule has 1 aromatic heterocycles. The Morgan fingerprint density at radius 1 is 1.26 bits per heavy atom. The first-order chi connectivity index (χ1) is 10.9. The lowest BCUT2D eigenvalue weighted by atomic mass is 10.3. The molecule has 0 aliphatic heterocycles. The standard InChI is InChI=1S/C15H17N3O4S/c1-16-10-2-3-14(16)11-17(12-4-5-12)23(21,22)15-8-6-13(7-9-15)18(19)20/h2-3,6-10,12H,4-5,11H2,1H3. The molecule has 0 amide bonds. The molecule has 122 valence electrons. The SMILES string of the molecule is Cn1cccc1CN(C1CC1)S(=O)(=O)c1ccc([N+](=O)[O-])cc1. The average Bonchev–Trinajstić information content (AvgIpc) is 3.27. The molecule has 1 aromatic carbocycles. The first-order valence-electron chi connectivity index (χ1n) is 7.26. The molecular formula is C15H17N3O4S. The molecule has 0 bridgehead atoms. The summed E-state index contributed by atoms with van der Waals surface area (Å²) in [6, 6.07) is 8.81. The molecule has 3 rings (SSSR count). The molecular weight excluding hydrogens is 318 g/mol. The van der Waals surface area contributed by atoms with Gasteiger partial charge in [-0.05, 0) is 37.1 Å². The third-order valence-corrected chi connectivity index (χ3v) is 5.89. The summed E-state index contributed by atoms with van der Waals surface area (Å²) in [5.41, 5.74) is 0.784. The summed E-state index contributed by atoms with van der Waals surface area (Å²) in [4.78, 5) is 10.3. The van der Waals surface area contributed by atoms with Gasteiger partial charge in [0, 0.05) is 37.1 Å². The van der Waals surface area contributed by atoms with E-state index in [-0.39, 0.29) is 16.6 Å². The van der Waals surface area contributed by atoms with Crippen molar-refractivity contribution in [2.75, 3.05) is 0 Å². The van der Waals surface area contributed by atoms with Crippen LogP contribution in [-0.2, 0) is 23.6 Å². The summed E-state index contributed by atoms with van der Waals surface area (Å²) in [6.07, 6.45) is 3.56.